The molecule has 0 bridgehead atoms. The summed E-state index contributed by atoms with van der Waals surface area (Å²) in [6.07, 6.45) is 10.0. The average Bonchev–Trinajstić information content (AvgIpc) is 3.19. The van der Waals surface area contributed by atoms with Crippen molar-refractivity contribution in [3.8, 4) is 0 Å². The molecular formula is C25H30N6O3. The Kier molecular flexibility index (Phi) is 8.13. The van der Waals surface area contributed by atoms with Crippen LogP contribution in [0, 0.1) is 0 Å². The molecule has 0 aliphatic heterocycles. The van der Waals surface area contributed by atoms with E-state index in [1.165, 1.54) is 15.5 Å². The van der Waals surface area contributed by atoms with Crippen molar-refractivity contribution >= 4 is 34.6 Å². The number of anilines is 1. The molecule has 3 aromatic rings. The number of hydrogen-bond donors (Lipinski definition) is 2. The van der Waals surface area contributed by atoms with Crippen LogP contribution in [-0.2, 0) is 16.1 Å². The third-order valence-corrected chi connectivity index (χ3v) is 4.99. The largest absolute Gasteiger partial charge is 0.345 e. The lowest BCUT2D eigenvalue weighted by Gasteiger charge is -2.08. The van der Waals surface area contributed by atoms with Gasteiger partial charge in [-0.25, -0.2) is 4.98 Å². The van der Waals surface area contributed by atoms with Crippen LogP contribution < -0.4 is 10.9 Å². The molecule has 0 spiro atoms. The number of amides is 2. The van der Waals surface area contributed by atoms with Crippen molar-refractivity contribution in [2.24, 2.45) is 0 Å². The van der Waals surface area contributed by atoms with E-state index in [-0.39, 0.29) is 36.0 Å². The van der Waals surface area contributed by atoms with Gasteiger partial charge in [0.25, 0.3) is 5.56 Å². The van der Waals surface area contributed by atoms with Gasteiger partial charge in [0.2, 0.25) is 11.8 Å². The lowest BCUT2D eigenvalue weighted by molar-refractivity contribution is -0.123. The van der Waals surface area contributed by atoms with Crippen LogP contribution in [0.2, 0.25) is 0 Å². The predicted octanol–water partition coefficient (Wildman–Crippen LogP) is 3.34. The molecule has 2 N–H and O–H groups in total. The maximum atomic E-state index is 12.9. The Balaban J connectivity index is 1.65. The van der Waals surface area contributed by atoms with Gasteiger partial charge in [-0.15, -0.1) is 0 Å². The van der Waals surface area contributed by atoms with Gasteiger partial charge >= 0.3 is 0 Å². The molecule has 9 heteroatoms. The SMILES string of the molecule is CC(C)=Cc1nccc2[nH]c(Cn3cccc(NC(=O)CCC/C=C/C(=O)N(C)C)c3=O)nc12. The number of likely N-dealkylation sites (N-methyl/N-ethyl adjacent to an activating group) is 1. The molecule has 0 saturated heterocycles. The number of nitrogens with one attached hydrogen (secondary N) is 2. The minimum Gasteiger partial charge on any atom is -0.345 e. The summed E-state index contributed by atoms with van der Waals surface area (Å²) < 4.78 is 1.50. The Morgan fingerprint density at radius 1 is 1.24 bits per heavy atom. The third kappa shape index (κ3) is 6.50. The highest BCUT2D eigenvalue weighted by Gasteiger charge is 2.11. The van der Waals surface area contributed by atoms with Crippen LogP contribution in [0.4, 0.5) is 5.69 Å². The molecule has 0 aromatic carbocycles. The zero-order valence-corrected chi connectivity index (χ0v) is 20.0. The van der Waals surface area contributed by atoms with Crippen molar-refractivity contribution in [2.45, 2.75) is 39.7 Å². The van der Waals surface area contributed by atoms with Gasteiger partial charge in [0, 0.05) is 32.9 Å². The van der Waals surface area contributed by atoms with Crippen LogP contribution in [0.3, 0.4) is 0 Å². The molecule has 3 rings (SSSR count). The van der Waals surface area contributed by atoms with Crippen LogP contribution in [0.5, 0.6) is 0 Å². The van der Waals surface area contributed by atoms with Crippen LogP contribution >= 0.6 is 0 Å². The second-order valence-corrected chi connectivity index (χ2v) is 8.43. The van der Waals surface area contributed by atoms with E-state index in [9.17, 15) is 14.4 Å². The molecule has 0 aliphatic carbocycles. The van der Waals surface area contributed by atoms with Crippen LogP contribution in [0.25, 0.3) is 17.1 Å². The van der Waals surface area contributed by atoms with Crippen molar-refractivity contribution in [3.63, 3.8) is 0 Å². The lowest BCUT2D eigenvalue weighted by Crippen LogP contribution is -2.26. The molecule has 0 atom stereocenters. The number of nitrogens with zero attached hydrogens (tertiary/aromatic N) is 4. The number of unbranched alkanes of at least 4 members (excludes halogenated alkanes) is 1. The molecule has 9 nitrogen and oxygen atoms in total. The van der Waals surface area contributed by atoms with E-state index in [4.69, 9.17) is 0 Å². The number of aromatic nitrogens is 4. The molecule has 178 valence electrons. The summed E-state index contributed by atoms with van der Waals surface area (Å²) in [6.45, 7) is 4.22. The first-order chi connectivity index (χ1) is 16.2. The molecule has 0 fully saturated rings. The minimum atomic E-state index is -0.310. The van der Waals surface area contributed by atoms with Gasteiger partial charge in [-0.3, -0.25) is 19.4 Å². The first kappa shape index (κ1) is 24.6. The second-order valence-electron chi connectivity index (χ2n) is 8.43. The summed E-state index contributed by atoms with van der Waals surface area (Å²) in [5, 5.41) is 2.69. The Labute approximate surface area is 198 Å². The molecule has 3 aromatic heterocycles. The first-order valence-corrected chi connectivity index (χ1v) is 11.1. The topological polar surface area (TPSA) is 113 Å². The van der Waals surface area contributed by atoms with E-state index < -0.39 is 0 Å². The normalized spacial score (nSPS) is 11.1. The van der Waals surface area contributed by atoms with Crippen molar-refractivity contribution in [2.75, 3.05) is 19.4 Å². The first-order valence-electron chi connectivity index (χ1n) is 11.1. The number of H-pyrrole nitrogens is 1. The fraction of sp³-hybridized carbons (Fsp3) is 0.320. The second kappa shape index (κ2) is 11.2. The molecule has 0 unspecified atom stereocenters. The van der Waals surface area contributed by atoms with Crippen molar-refractivity contribution in [1.29, 1.82) is 0 Å². The average molecular weight is 463 g/mol. The fourth-order valence-corrected chi connectivity index (χ4v) is 3.31. The number of aromatic amines is 1. The molecule has 0 radical (unpaired) electrons. The van der Waals surface area contributed by atoms with Crippen molar-refractivity contribution < 1.29 is 9.59 Å². The van der Waals surface area contributed by atoms with E-state index in [0.29, 0.717) is 18.7 Å². The molecule has 0 aliphatic rings. The smallest absolute Gasteiger partial charge is 0.274 e. The predicted molar refractivity (Wildman–Crippen MR) is 133 cm³/mol. The highest BCUT2D eigenvalue weighted by Crippen LogP contribution is 2.17. The highest BCUT2D eigenvalue weighted by atomic mass is 16.2. The number of allylic oxidation sites excluding steroid dienone is 2. The van der Waals surface area contributed by atoms with E-state index in [1.807, 2.05) is 26.0 Å². The van der Waals surface area contributed by atoms with Crippen molar-refractivity contribution in [1.82, 2.24) is 24.4 Å². The maximum absolute atomic E-state index is 12.9. The summed E-state index contributed by atoms with van der Waals surface area (Å²) in [5.74, 6) is 0.280. The molecular weight excluding hydrogens is 432 g/mol. The van der Waals surface area contributed by atoms with E-state index >= 15 is 0 Å². The summed E-state index contributed by atoms with van der Waals surface area (Å²) in [5.41, 5.74) is 3.38. The minimum absolute atomic E-state index is 0.0943. The fourth-order valence-electron chi connectivity index (χ4n) is 3.31. The molecule has 3 heterocycles. The van der Waals surface area contributed by atoms with Crippen LogP contribution in [0.15, 0.2) is 53.1 Å². The van der Waals surface area contributed by atoms with Gasteiger partial charge in [-0.1, -0.05) is 11.6 Å². The van der Waals surface area contributed by atoms with Gasteiger partial charge in [0.05, 0.1) is 17.8 Å². The quantitative estimate of drug-likeness (QED) is 0.374. The Hall–Kier alpha value is -4.01. The number of carbonyl (C=O) groups excluding carboxylic acids is 2. The monoisotopic (exact) mass is 462 g/mol. The molecule has 0 saturated carbocycles. The van der Waals surface area contributed by atoms with E-state index in [2.05, 4.69) is 20.3 Å². The van der Waals surface area contributed by atoms with Gasteiger partial charge in [-0.2, -0.15) is 0 Å². The van der Waals surface area contributed by atoms with Crippen LogP contribution in [0.1, 0.15) is 44.6 Å². The summed E-state index contributed by atoms with van der Waals surface area (Å²) in [4.78, 5) is 50.4. The zero-order valence-electron chi connectivity index (χ0n) is 20.0. The van der Waals surface area contributed by atoms with Gasteiger partial charge in [0.15, 0.2) is 0 Å². The van der Waals surface area contributed by atoms with Crippen molar-refractivity contribution in [3.05, 3.63) is 70.2 Å². The summed E-state index contributed by atoms with van der Waals surface area (Å²) in [6, 6.07) is 5.15. The Morgan fingerprint density at radius 2 is 2.03 bits per heavy atom. The van der Waals surface area contributed by atoms with Gasteiger partial charge in [0.1, 0.15) is 17.0 Å². The number of hydrogen-bond acceptors (Lipinski definition) is 5. The Bertz CT molecular complexity index is 1300. The summed E-state index contributed by atoms with van der Waals surface area (Å²) in [7, 11) is 3.36. The van der Waals surface area contributed by atoms with Crippen LogP contribution in [-0.4, -0.2) is 50.3 Å². The molecule has 2 amide bonds. The standard InChI is InChI=1S/C25H30N6O3/c1-17(2)15-20-24-18(12-13-26-20)27-21(29-24)16-31-14-8-9-19(25(31)34)28-22(32)10-6-5-7-11-23(33)30(3)4/h7-9,11-15H,5-6,10,16H2,1-4H3,(H,27,29)(H,28,32)/b11-7+. The zero-order chi connectivity index (χ0) is 24.7. The number of fused-ring (bicyclic) bond motifs is 1. The van der Waals surface area contributed by atoms with E-state index in [0.717, 1.165) is 22.3 Å². The summed E-state index contributed by atoms with van der Waals surface area (Å²) >= 11 is 0. The maximum Gasteiger partial charge on any atom is 0.274 e. The number of rotatable bonds is 9. The van der Waals surface area contributed by atoms with E-state index in [1.54, 1.807) is 44.7 Å². The number of carbonyl (C=O) groups is 2. The number of imidazole rings is 1. The lowest BCUT2D eigenvalue weighted by atomic mass is 10.2. The molecule has 34 heavy (non-hydrogen) atoms. The Morgan fingerprint density at radius 3 is 2.76 bits per heavy atom. The van der Waals surface area contributed by atoms with Gasteiger partial charge in [-0.05, 0) is 57.0 Å². The third-order valence-electron chi connectivity index (χ3n) is 4.99. The highest BCUT2D eigenvalue weighted by molar-refractivity contribution is 5.90. The van der Waals surface area contributed by atoms with Gasteiger partial charge < -0.3 is 19.8 Å². The number of pyridine rings is 2.